The van der Waals surface area contributed by atoms with Crippen molar-refractivity contribution in [2.45, 2.75) is 107 Å². The largest absolute Gasteiger partial charge is 0.411 e. The highest BCUT2D eigenvalue weighted by molar-refractivity contribution is 7.92. The van der Waals surface area contributed by atoms with Crippen molar-refractivity contribution in [2.24, 2.45) is 5.92 Å². The first-order valence-corrected chi connectivity index (χ1v) is 15.5. The maximum atomic E-state index is 12.9. The monoisotopic (exact) mass is 454 g/mol. The quantitative estimate of drug-likeness (QED) is 0.443. The smallest absolute Gasteiger partial charge is 0.207 e. The van der Waals surface area contributed by atoms with Crippen LogP contribution in [-0.2, 0) is 23.7 Å². The molecule has 0 radical (unpaired) electrons. The standard InChI is InChI=1S/C23H38O5SSi/c1-15-9-11-18(12-10-15)29(24,25)22-21(27-22)14-19-20(13-16(2)17(3)26-19)28-30(7,8)23(4,5)6/h9-12,16-17,19-22H,13-14H2,1-8H3/t16-,17+,19-,20+,21+,22+/m0/s1. The van der Waals surface area contributed by atoms with E-state index in [0.29, 0.717) is 17.2 Å². The average Bonchev–Trinajstić information content (AvgIpc) is 3.38. The molecular formula is C23H38O5SSi. The van der Waals surface area contributed by atoms with Crippen LogP contribution < -0.4 is 0 Å². The molecule has 0 aromatic heterocycles. The van der Waals surface area contributed by atoms with E-state index in [0.717, 1.165) is 12.0 Å². The van der Waals surface area contributed by atoms with Gasteiger partial charge in [0.15, 0.2) is 13.8 Å². The molecule has 6 atom stereocenters. The lowest BCUT2D eigenvalue weighted by molar-refractivity contribution is -0.133. The molecule has 1 aromatic rings. The molecule has 0 spiro atoms. The molecule has 0 amide bonds. The molecule has 0 bridgehead atoms. The van der Waals surface area contributed by atoms with Crippen LogP contribution in [0.1, 0.15) is 53.0 Å². The Balaban J connectivity index is 1.71. The average molecular weight is 455 g/mol. The highest BCUT2D eigenvalue weighted by Gasteiger charge is 2.53. The van der Waals surface area contributed by atoms with E-state index in [2.05, 4.69) is 47.7 Å². The zero-order valence-corrected chi connectivity index (χ0v) is 21.5. The van der Waals surface area contributed by atoms with E-state index in [9.17, 15) is 8.42 Å². The Hall–Kier alpha value is -0.733. The van der Waals surface area contributed by atoms with Crippen molar-refractivity contribution < 1.29 is 22.3 Å². The summed E-state index contributed by atoms with van der Waals surface area (Å²) in [7, 11) is -5.46. The zero-order valence-electron chi connectivity index (χ0n) is 19.6. The van der Waals surface area contributed by atoms with Gasteiger partial charge in [-0.2, -0.15) is 0 Å². The molecule has 2 fully saturated rings. The van der Waals surface area contributed by atoms with Crippen molar-refractivity contribution >= 4 is 18.2 Å². The van der Waals surface area contributed by atoms with Gasteiger partial charge in [0, 0.05) is 6.42 Å². The molecule has 170 valence electrons. The lowest BCUT2D eigenvalue weighted by Gasteiger charge is -2.45. The summed E-state index contributed by atoms with van der Waals surface area (Å²) in [6.45, 7) is 17.4. The van der Waals surface area contributed by atoms with Crippen LogP contribution in [0.2, 0.25) is 18.1 Å². The molecule has 2 heterocycles. The highest BCUT2D eigenvalue weighted by atomic mass is 32.2. The Morgan fingerprint density at radius 1 is 1.07 bits per heavy atom. The molecule has 3 rings (SSSR count). The zero-order chi connectivity index (χ0) is 22.5. The normalized spacial score (nSPS) is 32.8. The van der Waals surface area contributed by atoms with Crippen LogP contribution in [0.5, 0.6) is 0 Å². The van der Waals surface area contributed by atoms with E-state index in [1.165, 1.54) is 0 Å². The highest BCUT2D eigenvalue weighted by Crippen LogP contribution is 2.43. The molecule has 1 aromatic carbocycles. The number of ether oxygens (including phenoxy) is 2. The molecule has 0 unspecified atom stereocenters. The van der Waals surface area contributed by atoms with Gasteiger partial charge in [-0.25, -0.2) is 8.42 Å². The third-order valence-corrected chi connectivity index (χ3v) is 13.6. The van der Waals surface area contributed by atoms with Crippen LogP contribution in [0.25, 0.3) is 0 Å². The summed E-state index contributed by atoms with van der Waals surface area (Å²) >= 11 is 0. The summed E-state index contributed by atoms with van der Waals surface area (Å²) in [6, 6.07) is 6.96. The maximum absolute atomic E-state index is 12.9. The topological polar surface area (TPSA) is 65.1 Å². The maximum Gasteiger partial charge on any atom is 0.207 e. The Labute approximate surface area is 183 Å². The first kappa shape index (κ1) is 23.9. The molecule has 0 aliphatic carbocycles. The minimum absolute atomic E-state index is 0.0241. The van der Waals surface area contributed by atoms with E-state index in [1.54, 1.807) is 12.1 Å². The van der Waals surface area contributed by atoms with Gasteiger partial charge in [0.05, 0.1) is 23.2 Å². The van der Waals surface area contributed by atoms with Crippen LogP contribution >= 0.6 is 0 Å². The van der Waals surface area contributed by atoms with Crippen LogP contribution in [0, 0.1) is 12.8 Å². The van der Waals surface area contributed by atoms with E-state index in [4.69, 9.17) is 13.9 Å². The first-order valence-electron chi connectivity index (χ1n) is 11.0. The number of sulfone groups is 1. The van der Waals surface area contributed by atoms with Crippen LogP contribution in [0.4, 0.5) is 0 Å². The fourth-order valence-electron chi connectivity index (χ4n) is 3.75. The summed E-state index contributed by atoms with van der Waals surface area (Å²) in [6.07, 6.45) is 1.09. The summed E-state index contributed by atoms with van der Waals surface area (Å²) in [5.74, 6) is 0.406. The third-order valence-electron chi connectivity index (χ3n) is 7.12. The summed E-state index contributed by atoms with van der Waals surface area (Å²) in [5.41, 5.74) is 0.249. The lowest BCUT2D eigenvalue weighted by Crippen LogP contribution is -2.52. The Morgan fingerprint density at radius 2 is 1.67 bits per heavy atom. The van der Waals surface area contributed by atoms with Gasteiger partial charge in [-0.1, -0.05) is 45.4 Å². The van der Waals surface area contributed by atoms with E-state index in [1.807, 2.05) is 19.1 Å². The van der Waals surface area contributed by atoms with Crippen molar-refractivity contribution in [1.29, 1.82) is 0 Å². The molecule has 0 saturated carbocycles. The predicted molar refractivity (Wildman–Crippen MR) is 122 cm³/mol. The molecule has 5 nitrogen and oxygen atoms in total. The SMILES string of the molecule is Cc1ccc(S(=O)(=O)[C@H]2O[C@@H]2C[C@@H]2O[C@H](C)[C@@H](C)C[C@H]2O[Si](C)(C)C(C)(C)C)cc1. The minimum Gasteiger partial charge on any atom is -0.411 e. The van der Waals surface area contributed by atoms with Gasteiger partial charge in [-0.15, -0.1) is 0 Å². The third kappa shape index (κ3) is 5.01. The van der Waals surface area contributed by atoms with Crippen molar-refractivity contribution in [1.82, 2.24) is 0 Å². The van der Waals surface area contributed by atoms with E-state index in [-0.39, 0.29) is 29.5 Å². The molecule has 0 N–H and O–H groups in total. The van der Waals surface area contributed by atoms with Crippen molar-refractivity contribution in [3.8, 4) is 0 Å². The van der Waals surface area contributed by atoms with Crippen molar-refractivity contribution in [3.63, 3.8) is 0 Å². The lowest BCUT2D eigenvalue weighted by atomic mass is 9.90. The first-order chi connectivity index (χ1) is 13.7. The van der Waals surface area contributed by atoms with Gasteiger partial charge in [0.2, 0.25) is 9.84 Å². The van der Waals surface area contributed by atoms with E-state index >= 15 is 0 Å². The van der Waals surface area contributed by atoms with Crippen molar-refractivity contribution in [2.75, 3.05) is 0 Å². The minimum atomic E-state index is -3.49. The molecule has 30 heavy (non-hydrogen) atoms. The second kappa shape index (κ2) is 8.32. The van der Waals surface area contributed by atoms with Crippen LogP contribution in [0.3, 0.4) is 0 Å². The van der Waals surface area contributed by atoms with Gasteiger partial charge in [-0.3, -0.25) is 0 Å². The number of epoxide rings is 1. The second-order valence-corrected chi connectivity index (χ2v) is 17.4. The summed E-state index contributed by atoms with van der Waals surface area (Å²) in [4.78, 5) is 0.321. The number of hydrogen-bond acceptors (Lipinski definition) is 5. The number of benzene rings is 1. The Bertz CT molecular complexity index is 843. The van der Waals surface area contributed by atoms with Gasteiger partial charge < -0.3 is 13.9 Å². The fourth-order valence-corrected chi connectivity index (χ4v) is 6.69. The van der Waals surface area contributed by atoms with Gasteiger partial charge in [0.25, 0.3) is 0 Å². The van der Waals surface area contributed by atoms with Crippen LogP contribution in [-0.4, -0.2) is 46.6 Å². The molecule has 2 aliphatic heterocycles. The molecule has 2 saturated heterocycles. The number of hydrogen-bond donors (Lipinski definition) is 0. The van der Waals surface area contributed by atoms with Gasteiger partial charge in [-0.05, 0) is 56.5 Å². The molecule has 7 heteroatoms. The van der Waals surface area contributed by atoms with Crippen LogP contribution in [0.15, 0.2) is 29.2 Å². The van der Waals surface area contributed by atoms with Gasteiger partial charge in [0.1, 0.15) is 6.10 Å². The summed E-state index contributed by atoms with van der Waals surface area (Å²) in [5, 5.41) is 0.108. The number of aryl methyl sites for hydroxylation is 1. The number of rotatable bonds is 6. The predicted octanol–water partition coefficient (Wildman–Crippen LogP) is 5.09. The molecule has 2 aliphatic rings. The second-order valence-electron chi connectivity index (χ2n) is 10.6. The fraction of sp³-hybridized carbons (Fsp3) is 0.739. The van der Waals surface area contributed by atoms with Gasteiger partial charge >= 0.3 is 0 Å². The Morgan fingerprint density at radius 3 is 2.23 bits per heavy atom. The van der Waals surface area contributed by atoms with Crippen molar-refractivity contribution in [3.05, 3.63) is 29.8 Å². The molecular weight excluding hydrogens is 416 g/mol. The van der Waals surface area contributed by atoms with E-state index < -0.39 is 23.6 Å². The summed E-state index contributed by atoms with van der Waals surface area (Å²) < 4.78 is 44.6. The Kier molecular flexibility index (Phi) is 6.63.